The normalized spacial score (nSPS) is 11.4. The Kier molecular flexibility index (Phi) is 3.89. The molecule has 0 atom stereocenters. The van der Waals surface area contributed by atoms with Gasteiger partial charge in [0, 0.05) is 0 Å². The van der Waals surface area contributed by atoms with Crippen LogP contribution in [-0.4, -0.2) is 31.7 Å². The summed E-state index contributed by atoms with van der Waals surface area (Å²) >= 11 is 1.21. The van der Waals surface area contributed by atoms with E-state index in [-0.39, 0.29) is 11.1 Å². The minimum absolute atomic E-state index is 0.00875. The summed E-state index contributed by atoms with van der Waals surface area (Å²) in [6.45, 7) is 1.84. The van der Waals surface area contributed by atoms with Crippen LogP contribution < -0.4 is 9.64 Å². The second-order valence-electron chi connectivity index (χ2n) is 3.82. The molecule has 2 aromatic rings. The lowest BCUT2D eigenvalue weighted by atomic mass is 9.84. The molecule has 4 nitrogen and oxygen atoms in total. The highest BCUT2D eigenvalue weighted by Crippen LogP contribution is 2.32. The SMILES string of the molecule is CBc1nc2c(OC(F)(F)F)cc(C(=O)OC)cc2s1. The molecule has 20 heavy (non-hydrogen) atoms. The minimum atomic E-state index is -4.85. The van der Waals surface area contributed by atoms with Gasteiger partial charge >= 0.3 is 12.3 Å². The number of carbonyl (C=O) groups is 1. The zero-order valence-electron chi connectivity index (χ0n) is 10.6. The highest BCUT2D eigenvalue weighted by molar-refractivity contribution is 7.26. The Morgan fingerprint density at radius 2 is 2.10 bits per heavy atom. The van der Waals surface area contributed by atoms with Crippen LogP contribution in [0.4, 0.5) is 13.2 Å². The fourth-order valence-electron chi connectivity index (χ4n) is 1.63. The van der Waals surface area contributed by atoms with E-state index in [1.807, 2.05) is 6.82 Å². The molecule has 1 heterocycles. The van der Waals surface area contributed by atoms with Crippen LogP contribution in [0.3, 0.4) is 0 Å². The van der Waals surface area contributed by atoms with Crippen molar-refractivity contribution in [3.8, 4) is 5.75 Å². The zero-order valence-corrected chi connectivity index (χ0v) is 11.4. The van der Waals surface area contributed by atoms with Crippen LogP contribution in [0.1, 0.15) is 10.4 Å². The first kappa shape index (κ1) is 14.6. The summed E-state index contributed by atoms with van der Waals surface area (Å²) in [4.78, 5) is 16.2. The smallest absolute Gasteiger partial charge is 0.465 e. The first-order valence-corrected chi connectivity index (χ1v) is 6.43. The Bertz CT molecular complexity index is 656. The summed E-state index contributed by atoms with van der Waals surface area (Å²) < 4.78 is 46.1. The summed E-state index contributed by atoms with van der Waals surface area (Å²) in [7, 11) is 1.74. The molecule has 0 saturated carbocycles. The van der Waals surface area contributed by atoms with E-state index in [4.69, 9.17) is 0 Å². The van der Waals surface area contributed by atoms with E-state index in [2.05, 4.69) is 14.5 Å². The van der Waals surface area contributed by atoms with Gasteiger partial charge in [0.2, 0.25) is 0 Å². The van der Waals surface area contributed by atoms with Crippen LogP contribution in [0.5, 0.6) is 5.75 Å². The molecule has 1 aromatic carbocycles. The number of carbonyl (C=O) groups excluding carboxylic acids is 1. The monoisotopic (exact) mass is 303 g/mol. The van der Waals surface area contributed by atoms with E-state index in [1.54, 1.807) is 0 Å². The van der Waals surface area contributed by atoms with E-state index in [1.165, 1.54) is 17.4 Å². The Morgan fingerprint density at radius 3 is 2.65 bits per heavy atom. The summed E-state index contributed by atoms with van der Waals surface area (Å²) in [5, 5.41) is 0. The van der Waals surface area contributed by atoms with E-state index in [9.17, 15) is 18.0 Å². The Balaban J connectivity index is 2.61. The predicted molar refractivity (Wildman–Crippen MR) is 70.3 cm³/mol. The highest BCUT2D eigenvalue weighted by Gasteiger charge is 2.33. The van der Waals surface area contributed by atoms with Crippen LogP contribution >= 0.6 is 11.3 Å². The molecule has 0 aliphatic rings. The molecule has 0 fully saturated rings. The molecule has 0 unspecified atom stereocenters. The van der Waals surface area contributed by atoms with Crippen LogP contribution in [0.2, 0.25) is 6.82 Å². The number of aromatic nitrogens is 1. The molecule has 106 valence electrons. The molecule has 0 aliphatic carbocycles. The maximum absolute atomic E-state index is 12.4. The molecule has 0 bridgehead atoms. The maximum atomic E-state index is 12.4. The zero-order chi connectivity index (χ0) is 14.9. The van der Waals surface area contributed by atoms with Crippen molar-refractivity contribution < 1.29 is 27.4 Å². The van der Waals surface area contributed by atoms with Crippen LogP contribution in [0, 0.1) is 0 Å². The summed E-state index contributed by atoms with van der Waals surface area (Å²) in [5.74, 6) is -1.23. The molecule has 0 aliphatic heterocycles. The lowest BCUT2D eigenvalue weighted by Crippen LogP contribution is -2.18. The number of alkyl halides is 3. The van der Waals surface area contributed by atoms with Gasteiger partial charge in [-0.1, -0.05) is 6.82 Å². The second-order valence-corrected chi connectivity index (χ2v) is 4.94. The fraction of sp³-hybridized carbons (Fsp3) is 0.273. The standard InChI is InChI=1S/C11H9BF3NO3S/c1-12-10-16-8-6(19-11(13,14)15)3-5(9(17)18-2)4-7(8)20-10/h3-4,12H,1-2H3. The van der Waals surface area contributed by atoms with E-state index < -0.39 is 18.1 Å². The first-order valence-electron chi connectivity index (χ1n) is 5.61. The molecule has 0 N–H and O–H groups in total. The topological polar surface area (TPSA) is 48.4 Å². The van der Waals surface area contributed by atoms with Crippen molar-refractivity contribution in [2.75, 3.05) is 7.11 Å². The number of nitrogens with zero attached hydrogens (tertiary/aromatic N) is 1. The van der Waals surface area contributed by atoms with Crippen molar-refractivity contribution in [2.24, 2.45) is 0 Å². The number of halogens is 3. The van der Waals surface area contributed by atoms with Crippen LogP contribution in [0.15, 0.2) is 12.1 Å². The number of rotatable bonds is 3. The van der Waals surface area contributed by atoms with Gasteiger partial charge in [-0.15, -0.1) is 24.5 Å². The predicted octanol–water partition coefficient (Wildman–Crippen LogP) is 2.09. The third kappa shape index (κ3) is 3.04. The largest absolute Gasteiger partial charge is 0.573 e. The molecule has 9 heteroatoms. The van der Waals surface area contributed by atoms with Gasteiger partial charge in [-0.25, -0.2) is 9.78 Å². The first-order chi connectivity index (χ1) is 9.34. The van der Waals surface area contributed by atoms with Crippen LogP contribution in [-0.2, 0) is 4.74 Å². The van der Waals surface area contributed by atoms with E-state index >= 15 is 0 Å². The minimum Gasteiger partial charge on any atom is -0.465 e. The third-order valence-corrected chi connectivity index (χ3v) is 3.60. The number of esters is 1. The number of thiazole rings is 1. The van der Waals surface area contributed by atoms with Crippen molar-refractivity contribution in [3.05, 3.63) is 17.7 Å². The number of methoxy groups -OCH3 is 1. The number of hydrogen-bond donors (Lipinski definition) is 0. The van der Waals surface area contributed by atoms with Gasteiger partial charge in [-0.2, -0.15) is 0 Å². The molecule has 1 aromatic heterocycles. The van der Waals surface area contributed by atoms with Crippen molar-refractivity contribution >= 4 is 39.7 Å². The van der Waals surface area contributed by atoms with Gasteiger partial charge in [-0.3, -0.25) is 0 Å². The molecule has 0 spiro atoms. The molecule has 0 amide bonds. The average Bonchev–Trinajstić information content (AvgIpc) is 2.79. The number of ether oxygens (including phenoxy) is 2. The second kappa shape index (κ2) is 5.32. The third-order valence-electron chi connectivity index (χ3n) is 2.45. The lowest BCUT2D eigenvalue weighted by molar-refractivity contribution is -0.274. The summed E-state index contributed by atoms with van der Waals surface area (Å²) in [6.07, 6.45) is -4.85. The van der Waals surface area contributed by atoms with Gasteiger partial charge in [0.25, 0.3) is 0 Å². The quantitative estimate of drug-likeness (QED) is 0.643. The maximum Gasteiger partial charge on any atom is 0.573 e. The van der Waals surface area contributed by atoms with Gasteiger partial charge in [0.15, 0.2) is 13.0 Å². The van der Waals surface area contributed by atoms with E-state index in [0.29, 0.717) is 16.9 Å². The summed E-state index contributed by atoms with van der Waals surface area (Å²) in [6, 6.07) is 2.43. The Labute approximate surface area is 116 Å². The summed E-state index contributed by atoms with van der Waals surface area (Å²) in [5.41, 5.74) is 0.0855. The van der Waals surface area contributed by atoms with Gasteiger partial charge in [0.05, 0.1) is 22.3 Å². The number of benzene rings is 1. The van der Waals surface area contributed by atoms with Gasteiger partial charge in [-0.05, 0) is 12.1 Å². The van der Waals surface area contributed by atoms with Crippen molar-refractivity contribution in [2.45, 2.75) is 13.2 Å². The van der Waals surface area contributed by atoms with Crippen molar-refractivity contribution in [1.82, 2.24) is 4.98 Å². The lowest BCUT2D eigenvalue weighted by Gasteiger charge is -2.10. The number of fused-ring (bicyclic) bond motifs is 1. The highest BCUT2D eigenvalue weighted by atomic mass is 32.1. The van der Waals surface area contributed by atoms with Crippen molar-refractivity contribution in [1.29, 1.82) is 0 Å². The Hall–Kier alpha value is -1.77. The molecule has 0 radical (unpaired) electrons. The molecular formula is C11H9BF3NO3S. The van der Waals surface area contributed by atoms with Gasteiger partial charge < -0.3 is 9.47 Å². The van der Waals surface area contributed by atoms with Crippen LogP contribution in [0.25, 0.3) is 10.2 Å². The molecule has 0 saturated heterocycles. The molecule has 2 rings (SSSR count). The average molecular weight is 303 g/mol. The Morgan fingerprint density at radius 1 is 1.40 bits per heavy atom. The van der Waals surface area contributed by atoms with E-state index in [0.717, 1.165) is 13.2 Å². The van der Waals surface area contributed by atoms with Crippen molar-refractivity contribution in [3.63, 3.8) is 0 Å². The number of hydrogen-bond acceptors (Lipinski definition) is 5. The molecular weight excluding hydrogens is 294 g/mol. The fourth-order valence-corrected chi connectivity index (χ4v) is 2.60. The van der Waals surface area contributed by atoms with Gasteiger partial charge in [0.1, 0.15) is 5.52 Å².